The summed E-state index contributed by atoms with van der Waals surface area (Å²) in [7, 11) is 0. The number of nitrogens with one attached hydrogen (secondary N) is 1. The Morgan fingerprint density at radius 3 is 3.09 bits per heavy atom. The van der Waals surface area contributed by atoms with Gasteiger partial charge in [0.1, 0.15) is 11.5 Å². The summed E-state index contributed by atoms with van der Waals surface area (Å²) in [5.74, 6) is -1.04. The van der Waals surface area contributed by atoms with Crippen LogP contribution in [0, 0.1) is 5.82 Å². The van der Waals surface area contributed by atoms with Crippen LogP contribution in [-0.2, 0) is 0 Å². The number of halogens is 1. The van der Waals surface area contributed by atoms with Crippen molar-refractivity contribution in [2.75, 3.05) is 0 Å². The molecule has 4 rings (SSSR count). The zero-order valence-corrected chi connectivity index (χ0v) is 11.0. The van der Waals surface area contributed by atoms with Gasteiger partial charge < -0.3 is 9.82 Å². The molecule has 7 nitrogen and oxygen atoms in total. The molecule has 0 saturated carbocycles. The number of hydrogen-bond acceptors (Lipinski definition) is 5. The molecule has 0 spiro atoms. The van der Waals surface area contributed by atoms with Crippen molar-refractivity contribution in [3.8, 4) is 0 Å². The largest absolute Gasteiger partial charge is 0.381 e. The summed E-state index contributed by atoms with van der Waals surface area (Å²) in [5, 5.41) is 8.08. The zero-order valence-electron chi connectivity index (χ0n) is 11.0. The van der Waals surface area contributed by atoms with E-state index in [1.54, 1.807) is 24.4 Å². The number of carbonyl (C=O) groups is 1. The molecule has 0 saturated heterocycles. The van der Waals surface area contributed by atoms with Crippen LogP contribution in [-0.4, -0.2) is 31.1 Å². The maximum atomic E-state index is 13.2. The molecule has 0 atom stereocenters. The molecule has 0 aliphatic rings. The molecule has 0 amide bonds. The Labute approximate surface area is 122 Å². The van der Waals surface area contributed by atoms with Crippen molar-refractivity contribution in [2.45, 2.75) is 0 Å². The van der Waals surface area contributed by atoms with Crippen molar-refractivity contribution in [3.63, 3.8) is 0 Å². The molecule has 1 N–H and O–H groups in total. The predicted molar refractivity (Wildman–Crippen MR) is 74.5 cm³/mol. The van der Waals surface area contributed by atoms with Crippen LogP contribution in [0.3, 0.4) is 0 Å². The molecule has 22 heavy (non-hydrogen) atoms. The van der Waals surface area contributed by atoms with Gasteiger partial charge in [-0.2, -0.15) is 0 Å². The van der Waals surface area contributed by atoms with Crippen LogP contribution in [0.2, 0.25) is 0 Å². The van der Waals surface area contributed by atoms with Crippen molar-refractivity contribution in [2.24, 2.45) is 0 Å². The van der Waals surface area contributed by atoms with E-state index in [9.17, 15) is 9.18 Å². The highest BCUT2D eigenvalue weighted by atomic mass is 19.1. The number of hydrogen-bond donors (Lipinski definition) is 1. The zero-order chi connectivity index (χ0) is 15.1. The van der Waals surface area contributed by atoms with Gasteiger partial charge in [-0.3, -0.25) is 0 Å². The van der Waals surface area contributed by atoms with E-state index in [0.717, 1.165) is 4.85 Å². The molecule has 0 radical (unpaired) electrons. The molecule has 8 heteroatoms. The Balaban J connectivity index is 1.68. The lowest BCUT2D eigenvalue weighted by Crippen LogP contribution is -2.21. The summed E-state index contributed by atoms with van der Waals surface area (Å²) in [6.45, 7) is 0. The Kier molecular flexibility index (Phi) is 2.62. The number of carbonyl (C=O) groups excluding carboxylic acids is 1. The lowest BCUT2D eigenvalue weighted by molar-refractivity contribution is 0.0403. The predicted octanol–water partition coefficient (Wildman–Crippen LogP) is 1.72. The van der Waals surface area contributed by atoms with Crippen LogP contribution >= 0.6 is 0 Å². The minimum Gasteiger partial charge on any atom is -0.349 e. The van der Waals surface area contributed by atoms with Gasteiger partial charge in [0.2, 0.25) is 5.65 Å². The molecule has 0 fully saturated rings. The fourth-order valence-electron chi connectivity index (χ4n) is 2.15. The van der Waals surface area contributed by atoms with E-state index in [-0.39, 0.29) is 11.5 Å². The van der Waals surface area contributed by atoms with Crippen LogP contribution in [0.15, 0.2) is 42.6 Å². The molecule has 0 bridgehead atoms. The maximum absolute atomic E-state index is 13.2. The van der Waals surface area contributed by atoms with Crippen LogP contribution in [0.25, 0.3) is 22.1 Å². The molecule has 108 valence electrons. The normalized spacial score (nSPS) is 11.1. The third-order valence-corrected chi connectivity index (χ3v) is 3.16. The quantitative estimate of drug-likeness (QED) is 0.569. The van der Waals surface area contributed by atoms with E-state index in [4.69, 9.17) is 4.84 Å². The molecule has 0 aliphatic heterocycles. The van der Waals surface area contributed by atoms with Crippen molar-refractivity contribution in [1.29, 1.82) is 0 Å². The van der Waals surface area contributed by atoms with E-state index in [1.807, 2.05) is 0 Å². The minimum absolute atomic E-state index is 0.188. The van der Waals surface area contributed by atoms with E-state index in [1.165, 1.54) is 18.2 Å². The second-order valence-corrected chi connectivity index (χ2v) is 4.60. The molecule has 0 aliphatic carbocycles. The summed E-state index contributed by atoms with van der Waals surface area (Å²) in [6, 6.07) is 9.06. The second-order valence-electron chi connectivity index (χ2n) is 4.60. The number of pyridine rings is 1. The molecule has 3 heterocycles. The summed E-state index contributed by atoms with van der Waals surface area (Å²) < 4.78 is 13.2. The first-order valence-electron chi connectivity index (χ1n) is 6.38. The van der Waals surface area contributed by atoms with Gasteiger partial charge in [0.25, 0.3) is 0 Å². The first-order chi connectivity index (χ1) is 10.7. The molecular formula is C14H8FN5O2. The highest BCUT2D eigenvalue weighted by Gasteiger charge is 2.15. The third-order valence-electron chi connectivity index (χ3n) is 3.16. The van der Waals surface area contributed by atoms with Gasteiger partial charge in [-0.05, 0) is 41.6 Å². The summed E-state index contributed by atoms with van der Waals surface area (Å²) in [4.78, 5) is 25.2. The number of H-pyrrole nitrogens is 1. The number of aromatic nitrogens is 5. The molecule has 0 unspecified atom stereocenters. The lowest BCUT2D eigenvalue weighted by atomic mass is 10.2. The molecular weight excluding hydrogens is 289 g/mol. The topological polar surface area (TPSA) is 85.7 Å². The number of rotatable bonds is 2. The molecule has 1 aromatic carbocycles. The summed E-state index contributed by atoms with van der Waals surface area (Å²) in [6.07, 6.45) is 1.56. The standard InChI is InChI=1S/C14H8FN5O2/c15-9-3-4-10-8(6-9)7-11(17-10)14(21)22-20-12-2-1-5-16-13(12)18-19-20/h1-7,17H. The van der Waals surface area contributed by atoms with Gasteiger partial charge >= 0.3 is 5.97 Å². The monoisotopic (exact) mass is 297 g/mol. The average molecular weight is 297 g/mol. The number of aromatic amines is 1. The number of fused-ring (bicyclic) bond motifs is 2. The fourth-order valence-corrected chi connectivity index (χ4v) is 2.15. The van der Waals surface area contributed by atoms with Crippen LogP contribution < -0.4 is 4.84 Å². The third kappa shape index (κ3) is 1.97. The van der Waals surface area contributed by atoms with Gasteiger partial charge in [0.05, 0.1) is 0 Å². The van der Waals surface area contributed by atoms with Gasteiger partial charge in [0, 0.05) is 17.1 Å². The summed E-state index contributed by atoms with van der Waals surface area (Å²) >= 11 is 0. The first-order valence-corrected chi connectivity index (χ1v) is 6.38. The van der Waals surface area contributed by atoms with E-state index in [0.29, 0.717) is 22.1 Å². The van der Waals surface area contributed by atoms with Crippen LogP contribution in [0.1, 0.15) is 10.5 Å². The molecule has 4 aromatic rings. The van der Waals surface area contributed by atoms with Crippen molar-refractivity contribution in [1.82, 2.24) is 25.1 Å². The number of nitrogens with zero attached hydrogens (tertiary/aromatic N) is 4. The van der Waals surface area contributed by atoms with Crippen LogP contribution in [0.5, 0.6) is 0 Å². The fraction of sp³-hybridized carbons (Fsp3) is 0. The van der Waals surface area contributed by atoms with E-state index < -0.39 is 5.97 Å². The smallest absolute Gasteiger partial charge is 0.349 e. The first kappa shape index (κ1) is 12.5. The highest BCUT2D eigenvalue weighted by molar-refractivity contribution is 5.95. The van der Waals surface area contributed by atoms with Gasteiger partial charge in [-0.1, -0.05) is 4.85 Å². The summed E-state index contributed by atoms with van der Waals surface area (Å²) in [5.41, 5.74) is 1.67. The van der Waals surface area contributed by atoms with Crippen molar-refractivity contribution in [3.05, 3.63) is 54.1 Å². The number of benzene rings is 1. The Bertz CT molecular complexity index is 1010. The van der Waals surface area contributed by atoms with E-state index in [2.05, 4.69) is 20.3 Å². The second kappa shape index (κ2) is 4.62. The minimum atomic E-state index is -0.660. The Hall–Kier alpha value is -3.29. The Morgan fingerprint density at radius 2 is 2.18 bits per heavy atom. The lowest BCUT2D eigenvalue weighted by Gasteiger charge is -2.00. The van der Waals surface area contributed by atoms with Crippen molar-refractivity contribution < 1.29 is 14.0 Å². The maximum Gasteiger partial charge on any atom is 0.381 e. The van der Waals surface area contributed by atoms with Crippen LogP contribution in [0.4, 0.5) is 4.39 Å². The average Bonchev–Trinajstić information content (AvgIpc) is 3.11. The van der Waals surface area contributed by atoms with Gasteiger partial charge in [-0.15, -0.1) is 5.10 Å². The highest BCUT2D eigenvalue weighted by Crippen LogP contribution is 2.17. The van der Waals surface area contributed by atoms with Crippen molar-refractivity contribution >= 4 is 28.0 Å². The SMILES string of the molecule is O=C(On1nnc2ncccc21)c1cc2cc(F)ccc2[nH]1. The van der Waals surface area contributed by atoms with E-state index >= 15 is 0 Å². The molecule has 3 aromatic heterocycles. The Morgan fingerprint density at radius 1 is 1.27 bits per heavy atom. The van der Waals surface area contributed by atoms with Gasteiger partial charge in [-0.25, -0.2) is 14.2 Å². The van der Waals surface area contributed by atoms with Gasteiger partial charge in [0.15, 0.2) is 5.52 Å².